The van der Waals surface area contributed by atoms with Crippen molar-refractivity contribution in [3.8, 4) is 0 Å². The number of aldehydes is 1. The van der Waals surface area contributed by atoms with Gasteiger partial charge in [-0.05, 0) is 19.3 Å². The molecule has 0 spiro atoms. The maximum absolute atomic E-state index is 10.3. The largest absolute Gasteiger partial charge is 0.369 e. The molecule has 2 nitrogen and oxygen atoms in total. The fourth-order valence-corrected chi connectivity index (χ4v) is 1.26. The van der Waals surface area contributed by atoms with E-state index in [1.54, 1.807) is 0 Å². The Balaban J connectivity index is 2.38. The number of allylic oxidation sites excluding steroid dienone is 1. The second-order valence-electron chi connectivity index (χ2n) is 2.66. The van der Waals surface area contributed by atoms with Crippen LogP contribution in [0.15, 0.2) is 12.3 Å². The van der Waals surface area contributed by atoms with Crippen LogP contribution in [0.3, 0.4) is 0 Å². The predicted octanol–water partition coefficient (Wildman–Crippen LogP) is 1.18. The van der Waals surface area contributed by atoms with E-state index in [1.165, 1.54) is 19.3 Å². The van der Waals surface area contributed by atoms with Crippen LogP contribution in [0.1, 0.15) is 19.3 Å². The molecule has 0 aromatic rings. The lowest BCUT2D eigenvalue weighted by Crippen LogP contribution is -2.28. The van der Waals surface area contributed by atoms with Crippen LogP contribution < -0.4 is 0 Å². The first kappa shape index (κ1) is 7.32. The third-order valence-electron chi connectivity index (χ3n) is 1.90. The van der Waals surface area contributed by atoms with E-state index in [1.807, 2.05) is 0 Å². The SMILES string of the molecule is C=C(C=O)N1CCCCC1. The van der Waals surface area contributed by atoms with E-state index < -0.39 is 0 Å². The van der Waals surface area contributed by atoms with Gasteiger partial charge < -0.3 is 4.90 Å². The molecule has 0 N–H and O–H groups in total. The standard InChI is InChI=1S/C8H13NO/c1-8(7-10)9-5-3-2-4-6-9/h7H,1-6H2. The lowest BCUT2D eigenvalue weighted by Gasteiger charge is -2.27. The fourth-order valence-electron chi connectivity index (χ4n) is 1.26. The van der Waals surface area contributed by atoms with E-state index in [2.05, 4.69) is 11.5 Å². The maximum atomic E-state index is 10.3. The molecule has 1 aliphatic heterocycles. The summed E-state index contributed by atoms with van der Waals surface area (Å²) in [6.07, 6.45) is 4.54. The highest BCUT2D eigenvalue weighted by Gasteiger charge is 2.09. The Kier molecular flexibility index (Phi) is 2.49. The molecule has 2 heteroatoms. The number of nitrogens with zero attached hydrogens (tertiary/aromatic N) is 1. The smallest absolute Gasteiger partial charge is 0.165 e. The van der Waals surface area contributed by atoms with Gasteiger partial charge in [0.1, 0.15) is 0 Å². The van der Waals surface area contributed by atoms with Crippen molar-refractivity contribution in [1.82, 2.24) is 4.90 Å². The maximum Gasteiger partial charge on any atom is 0.165 e. The van der Waals surface area contributed by atoms with E-state index in [0.29, 0.717) is 5.70 Å². The first-order chi connectivity index (χ1) is 4.84. The van der Waals surface area contributed by atoms with Gasteiger partial charge in [-0.2, -0.15) is 0 Å². The molecule has 1 aliphatic rings. The van der Waals surface area contributed by atoms with Gasteiger partial charge in [0, 0.05) is 13.1 Å². The number of carbonyl (C=O) groups is 1. The summed E-state index contributed by atoms with van der Waals surface area (Å²) in [4.78, 5) is 12.3. The van der Waals surface area contributed by atoms with Crippen LogP contribution in [0.4, 0.5) is 0 Å². The highest BCUT2D eigenvalue weighted by molar-refractivity contribution is 5.71. The van der Waals surface area contributed by atoms with E-state index in [-0.39, 0.29) is 0 Å². The minimum absolute atomic E-state index is 0.639. The number of carbonyl (C=O) groups excluding carboxylic acids is 1. The molecule has 0 amide bonds. The summed E-state index contributed by atoms with van der Waals surface area (Å²) in [6.45, 7) is 5.68. The molecule has 0 aromatic carbocycles. The molecule has 10 heavy (non-hydrogen) atoms. The monoisotopic (exact) mass is 139 g/mol. The van der Waals surface area contributed by atoms with Crippen molar-refractivity contribution in [3.63, 3.8) is 0 Å². The van der Waals surface area contributed by atoms with Crippen molar-refractivity contribution >= 4 is 6.29 Å². The third kappa shape index (κ3) is 1.59. The molecule has 1 rings (SSSR count). The molecule has 0 aliphatic carbocycles. The molecular weight excluding hydrogens is 126 g/mol. The van der Waals surface area contributed by atoms with Crippen LogP contribution in [0.2, 0.25) is 0 Å². The average Bonchev–Trinajstić information content (AvgIpc) is 2.05. The molecule has 1 heterocycles. The van der Waals surface area contributed by atoms with Gasteiger partial charge in [0.05, 0.1) is 5.70 Å². The summed E-state index contributed by atoms with van der Waals surface area (Å²) in [5, 5.41) is 0. The first-order valence-electron chi connectivity index (χ1n) is 3.73. The van der Waals surface area contributed by atoms with Crippen LogP contribution >= 0.6 is 0 Å². The van der Waals surface area contributed by atoms with Crippen LogP contribution in [0, 0.1) is 0 Å². The van der Waals surface area contributed by atoms with E-state index >= 15 is 0 Å². The molecule has 56 valence electrons. The number of piperidine rings is 1. The van der Waals surface area contributed by atoms with Gasteiger partial charge >= 0.3 is 0 Å². The summed E-state index contributed by atoms with van der Waals surface area (Å²) < 4.78 is 0. The number of hydrogen-bond acceptors (Lipinski definition) is 2. The molecule has 0 bridgehead atoms. The topological polar surface area (TPSA) is 20.3 Å². The Labute approximate surface area is 61.5 Å². The zero-order chi connectivity index (χ0) is 7.40. The minimum atomic E-state index is 0.639. The van der Waals surface area contributed by atoms with Gasteiger partial charge in [0.2, 0.25) is 0 Å². The van der Waals surface area contributed by atoms with Crippen LogP contribution in [0.25, 0.3) is 0 Å². The van der Waals surface area contributed by atoms with E-state index in [4.69, 9.17) is 0 Å². The molecule has 0 atom stereocenters. The van der Waals surface area contributed by atoms with Crippen LogP contribution in [0.5, 0.6) is 0 Å². The summed E-state index contributed by atoms with van der Waals surface area (Å²) in [5.41, 5.74) is 0.639. The summed E-state index contributed by atoms with van der Waals surface area (Å²) in [5.74, 6) is 0. The van der Waals surface area contributed by atoms with Crippen molar-refractivity contribution in [2.75, 3.05) is 13.1 Å². The second-order valence-corrected chi connectivity index (χ2v) is 2.66. The Hall–Kier alpha value is -0.790. The van der Waals surface area contributed by atoms with Crippen molar-refractivity contribution in [2.24, 2.45) is 0 Å². The average molecular weight is 139 g/mol. The van der Waals surface area contributed by atoms with Crippen molar-refractivity contribution < 1.29 is 4.79 Å². The second kappa shape index (κ2) is 3.40. The normalized spacial score (nSPS) is 18.6. The number of hydrogen-bond donors (Lipinski definition) is 0. The van der Waals surface area contributed by atoms with Crippen molar-refractivity contribution in [2.45, 2.75) is 19.3 Å². The van der Waals surface area contributed by atoms with Crippen molar-refractivity contribution in [1.29, 1.82) is 0 Å². The highest BCUT2D eigenvalue weighted by Crippen LogP contribution is 2.11. The van der Waals surface area contributed by atoms with Gasteiger partial charge in [0.15, 0.2) is 6.29 Å². The lowest BCUT2D eigenvalue weighted by molar-refractivity contribution is -0.106. The van der Waals surface area contributed by atoms with Gasteiger partial charge in [-0.3, -0.25) is 4.79 Å². The molecule has 0 unspecified atom stereocenters. The Morgan fingerprint density at radius 3 is 2.40 bits per heavy atom. The van der Waals surface area contributed by atoms with Crippen LogP contribution in [-0.2, 0) is 4.79 Å². The quantitative estimate of drug-likeness (QED) is 0.423. The molecular formula is C8H13NO. The first-order valence-corrected chi connectivity index (χ1v) is 3.73. The van der Waals surface area contributed by atoms with E-state index in [9.17, 15) is 4.79 Å². The van der Waals surface area contributed by atoms with Gasteiger partial charge in [-0.15, -0.1) is 0 Å². The van der Waals surface area contributed by atoms with Gasteiger partial charge in [-0.25, -0.2) is 0 Å². The number of rotatable bonds is 2. The molecule has 0 aromatic heterocycles. The predicted molar refractivity (Wildman–Crippen MR) is 40.6 cm³/mol. The number of likely N-dealkylation sites (tertiary alicyclic amines) is 1. The zero-order valence-corrected chi connectivity index (χ0v) is 6.18. The minimum Gasteiger partial charge on any atom is -0.369 e. The van der Waals surface area contributed by atoms with Gasteiger partial charge in [0.25, 0.3) is 0 Å². The Bertz CT molecular complexity index is 136. The van der Waals surface area contributed by atoms with E-state index in [0.717, 1.165) is 19.4 Å². The lowest BCUT2D eigenvalue weighted by atomic mass is 10.1. The highest BCUT2D eigenvalue weighted by atomic mass is 16.1. The molecule has 1 fully saturated rings. The zero-order valence-electron chi connectivity index (χ0n) is 6.18. The molecule has 1 saturated heterocycles. The Morgan fingerprint density at radius 2 is 1.90 bits per heavy atom. The summed E-state index contributed by atoms with van der Waals surface area (Å²) in [7, 11) is 0. The van der Waals surface area contributed by atoms with Gasteiger partial charge in [-0.1, -0.05) is 6.58 Å². The fraction of sp³-hybridized carbons (Fsp3) is 0.625. The van der Waals surface area contributed by atoms with Crippen molar-refractivity contribution in [3.05, 3.63) is 12.3 Å². The summed E-state index contributed by atoms with van der Waals surface area (Å²) >= 11 is 0. The third-order valence-corrected chi connectivity index (χ3v) is 1.90. The van der Waals surface area contributed by atoms with Crippen LogP contribution in [-0.4, -0.2) is 24.3 Å². The molecule has 0 saturated carbocycles. The Morgan fingerprint density at radius 1 is 1.30 bits per heavy atom. The summed E-state index contributed by atoms with van der Waals surface area (Å²) in [6, 6.07) is 0. The molecule has 0 radical (unpaired) electrons.